The average molecular weight is 699 g/mol. The zero-order valence-corrected chi connectivity index (χ0v) is 30.6. The lowest BCUT2D eigenvalue weighted by molar-refractivity contribution is -0.144. The molecule has 1 aromatic rings. The number of amides is 6. The first-order valence-corrected chi connectivity index (χ1v) is 17.3. The minimum absolute atomic E-state index is 0.106. The molecule has 1 aromatic carbocycles. The number of likely N-dealkylation sites (tertiary alicyclic amines) is 1. The summed E-state index contributed by atoms with van der Waals surface area (Å²) in [5.41, 5.74) is -0.366. The van der Waals surface area contributed by atoms with Gasteiger partial charge in [-0.05, 0) is 48.0 Å². The summed E-state index contributed by atoms with van der Waals surface area (Å²) >= 11 is 0. The molecule has 14 nitrogen and oxygen atoms in total. The minimum atomic E-state index is -1.20. The highest BCUT2D eigenvalue weighted by atomic mass is 16.5. The maximum absolute atomic E-state index is 14.0. The van der Waals surface area contributed by atoms with E-state index in [0.29, 0.717) is 24.9 Å². The number of alkyl carbamates (subject to hydrolysis) is 1. The number of ketones is 1. The molecular weight excluding hydrogens is 644 g/mol. The SMILES string of the molecule is CCCC(NC(=O)[C@@H]1CC2(CC2)CN1C(=O)[C@@H](NC(=O)OCC(C)C)C(C)(C)C)C(=O)C(=O)NCC(=O)N[C@H](C(=O)N(C)C)c1ccccc1. The second-order valence-corrected chi connectivity index (χ2v) is 15.2. The number of carbonyl (C=O) groups excluding carboxylic acids is 7. The topological polar surface area (TPSA) is 183 Å². The van der Waals surface area contributed by atoms with E-state index in [0.717, 1.165) is 12.8 Å². The summed E-state index contributed by atoms with van der Waals surface area (Å²) in [7, 11) is 3.12. The van der Waals surface area contributed by atoms with Crippen molar-refractivity contribution in [2.24, 2.45) is 16.7 Å². The molecular formula is C36H54N6O8. The monoisotopic (exact) mass is 698 g/mol. The smallest absolute Gasteiger partial charge is 0.407 e. The maximum Gasteiger partial charge on any atom is 0.407 e. The van der Waals surface area contributed by atoms with Crippen molar-refractivity contribution >= 4 is 41.4 Å². The van der Waals surface area contributed by atoms with E-state index in [2.05, 4.69) is 21.3 Å². The molecule has 2 fully saturated rings. The lowest BCUT2D eigenvalue weighted by Crippen LogP contribution is -2.59. The van der Waals surface area contributed by atoms with Crippen molar-refractivity contribution in [2.75, 3.05) is 33.8 Å². The van der Waals surface area contributed by atoms with E-state index in [1.165, 1.54) is 9.80 Å². The fourth-order valence-electron chi connectivity index (χ4n) is 5.91. The molecule has 1 unspecified atom stereocenters. The van der Waals surface area contributed by atoms with Crippen LogP contribution in [0.2, 0.25) is 0 Å². The molecule has 50 heavy (non-hydrogen) atoms. The fraction of sp³-hybridized carbons (Fsp3) is 0.639. The van der Waals surface area contributed by atoms with Crippen LogP contribution in [0.25, 0.3) is 0 Å². The van der Waals surface area contributed by atoms with Gasteiger partial charge >= 0.3 is 6.09 Å². The van der Waals surface area contributed by atoms with Crippen LogP contribution in [0.1, 0.15) is 85.3 Å². The molecule has 2 aliphatic rings. The Morgan fingerprint density at radius 1 is 0.980 bits per heavy atom. The molecule has 6 amide bonds. The van der Waals surface area contributed by atoms with Gasteiger partial charge in [-0.1, -0.05) is 78.3 Å². The first-order chi connectivity index (χ1) is 23.4. The lowest BCUT2D eigenvalue weighted by Gasteiger charge is -2.35. The number of likely N-dealkylation sites (N-methyl/N-ethyl adjacent to an activating group) is 1. The highest BCUT2D eigenvalue weighted by Gasteiger charge is 2.56. The van der Waals surface area contributed by atoms with E-state index in [1.54, 1.807) is 51.4 Å². The summed E-state index contributed by atoms with van der Waals surface area (Å²) in [6.07, 6.45) is 1.97. The molecule has 14 heteroatoms. The van der Waals surface area contributed by atoms with Gasteiger partial charge in [0.15, 0.2) is 0 Å². The molecule has 1 spiro atoms. The van der Waals surface area contributed by atoms with Gasteiger partial charge in [0.1, 0.15) is 18.1 Å². The quantitative estimate of drug-likeness (QED) is 0.201. The van der Waals surface area contributed by atoms with Gasteiger partial charge < -0.3 is 35.8 Å². The van der Waals surface area contributed by atoms with Crippen LogP contribution in [0, 0.1) is 16.7 Å². The van der Waals surface area contributed by atoms with Crippen LogP contribution < -0.4 is 21.3 Å². The number of hydrogen-bond donors (Lipinski definition) is 4. The van der Waals surface area contributed by atoms with Crippen molar-refractivity contribution < 1.29 is 38.3 Å². The van der Waals surface area contributed by atoms with Crippen LogP contribution in [0.4, 0.5) is 4.79 Å². The Labute approximate surface area is 294 Å². The zero-order chi connectivity index (χ0) is 37.4. The summed E-state index contributed by atoms with van der Waals surface area (Å²) in [4.78, 5) is 95.1. The van der Waals surface area contributed by atoms with Gasteiger partial charge in [0.05, 0.1) is 19.2 Å². The summed E-state index contributed by atoms with van der Waals surface area (Å²) < 4.78 is 5.27. The molecule has 0 radical (unpaired) electrons. The predicted octanol–water partition coefficient (Wildman–Crippen LogP) is 2.08. The third kappa shape index (κ3) is 10.8. The molecule has 1 aliphatic carbocycles. The normalized spacial score (nSPS) is 18.0. The Hall–Kier alpha value is -4.49. The Morgan fingerprint density at radius 2 is 1.62 bits per heavy atom. The van der Waals surface area contributed by atoms with E-state index in [-0.39, 0.29) is 30.3 Å². The van der Waals surface area contributed by atoms with E-state index < -0.39 is 71.6 Å². The van der Waals surface area contributed by atoms with Crippen LogP contribution in [-0.2, 0) is 33.5 Å². The maximum atomic E-state index is 14.0. The molecule has 1 saturated heterocycles. The van der Waals surface area contributed by atoms with Crippen molar-refractivity contribution in [1.29, 1.82) is 0 Å². The van der Waals surface area contributed by atoms with Crippen LogP contribution >= 0.6 is 0 Å². The van der Waals surface area contributed by atoms with E-state index in [4.69, 9.17) is 4.74 Å². The van der Waals surface area contributed by atoms with E-state index in [9.17, 15) is 33.6 Å². The second-order valence-electron chi connectivity index (χ2n) is 15.2. The molecule has 1 saturated carbocycles. The fourth-order valence-corrected chi connectivity index (χ4v) is 5.91. The number of hydrogen-bond acceptors (Lipinski definition) is 8. The van der Waals surface area contributed by atoms with Crippen molar-refractivity contribution in [3.05, 3.63) is 35.9 Å². The number of carbonyl (C=O) groups is 7. The molecule has 4 atom stereocenters. The minimum Gasteiger partial charge on any atom is -0.449 e. The van der Waals surface area contributed by atoms with E-state index in [1.807, 2.05) is 34.6 Å². The number of nitrogens with one attached hydrogen (secondary N) is 4. The average Bonchev–Trinajstić information content (AvgIpc) is 3.71. The van der Waals surface area contributed by atoms with Gasteiger partial charge in [-0.25, -0.2) is 4.79 Å². The van der Waals surface area contributed by atoms with Crippen molar-refractivity contribution in [3.63, 3.8) is 0 Å². The third-order valence-electron chi connectivity index (χ3n) is 8.94. The molecule has 276 valence electrons. The summed E-state index contributed by atoms with van der Waals surface area (Å²) in [5.74, 6) is -3.94. The van der Waals surface area contributed by atoms with Crippen molar-refractivity contribution in [2.45, 2.75) is 97.8 Å². The van der Waals surface area contributed by atoms with Crippen LogP contribution in [0.5, 0.6) is 0 Å². The zero-order valence-electron chi connectivity index (χ0n) is 30.6. The van der Waals surface area contributed by atoms with Gasteiger partial charge in [-0.15, -0.1) is 0 Å². The summed E-state index contributed by atoms with van der Waals surface area (Å²) in [5, 5.41) is 10.3. The second kappa shape index (κ2) is 16.9. The van der Waals surface area contributed by atoms with Crippen molar-refractivity contribution in [3.8, 4) is 0 Å². The standard InChI is InChI=1S/C36H54N6O8/c1-9-13-24(28(44)31(46)37-19-26(43)39-27(32(47)41(7)8)23-14-11-10-12-15-23)38-30(45)25-18-36(16-17-36)21-42(25)33(48)29(35(4,5)6)40-34(49)50-20-22(2)3/h10-12,14-15,22,24-25,27,29H,9,13,16-21H2,1-8H3,(H,37,46)(H,38,45)(H,39,43)(H,40,49)/t24?,25-,27-,29+/m0/s1. The number of rotatable bonds is 15. The predicted molar refractivity (Wildman–Crippen MR) is 185 cm³/mol. The molecule has 3 rings (SSSR count). The van der Waals surface area contributed by atoms with Gasteiger partial charge in [-0.3, -0.25) is 28.8 Å². The highest BCUT2D eigenvalue weighted by Crippen LogP contribution is 2.55. The van der Waals surface area contributed by atoms with Gasteiger partial charge in [-0.2, -0.15) is 0 Å². The molecule has 0 bridgehead atoms. The number of benzene rings is 1. The first kappa shape index (κ1) is 39.9. The summed E-state index contributed by atoms with van der Waals surface area (Å²) in [6, 6.07) is 4.54. The van der Waals surface area contributed by atoms with Crippen LogP contribution in [-0.4, -0.2) is 103 Å². The van der Waals surface area contributed by atoms with Crippen molar-refractivity contribution in [1.82, 2.24) is 31.1 Å². The lowest BCUT2D eigenvalue weighted by atomic mass is 9.85. The van der Waals surface area contributed by atoms with Gasteiger partial charge in [0.2, 0.25) is 29.4 Å². The largest absolute Gasteiger partial charge is 0.449 e. The van der Waals surface area contributed by atoms with Gasteiger partial charge in [0.25, 0.3) is 5.91 Å². The van der Waals surface area contributed by atoms with Crippen LogP contribution in [0.3, 0.4) is 0 Å². The first-order valence-electron chi connectivity index (χ1n) is 17.3. The molecule has 4 N–H and O–H groups in total. The Balaban J connectivity index is 1.68. The molecule has 0 aromatic heterocycles. The van der Waals surface area contributed by atoms with Crippen LogP contribution in [0.15, 0.2) is 30.3 Å². The number of ether oxygens (including phenoxy) is 1. The number of nitrogens with zero attached hydrogens (tertiary/aromatic N) is 2. The Bertz CT molecular complexity index is 1420. The Kier molecular flexibility index (Phi) is 13.5. The van der Waals surface area contributed by atoms with E-state index >= 15 is 0 Å². The third-order valence-corrected chi connectivity index (χ3v) is 8.94. The summed E-state index contributed by atoms with van der Waals surface area (Å²) in [6.45, 7) is 11.0. The number of Topliss-reactive ketones (excluding diaryl/α,β-unsaturated/α-hetero) is 1. The Morgan fingerprint density at radius 3 is 2.16 bits per heavy atom. The molecule has 1 aliphatic heterocycles. The highest BCUT2D eigenvalue weighted by molar-refractivity contribution is 6.38. The van der Waals surface area contributed by atoms with Gasteiger partial charge in [0, 0.05) is 20.6 Å². The molecule has 1 heterocycles.